The van der Waals surface area contributed by atoms with Crippen LogP contribution in [0.3, 0.4) is 0 Å². The van der Waals surface area contributed by atoms with Gasteiger partial charge in [-0.2, -0.15) is 0 Å². The van der Waals surface area contributed by atoms with E-state index in [-0.39, 0.29) is 17.5 Å². The predicted octanol–water partition coefficient (Wildman–Crippen LogP) is 2.24. The minimum atomic E-state index is -0.883. The van der Waals surface area contributed by atoms with Gasteiger partial charge in [0.05, 0.1) is 6.10 Å². The zero-order chi connectivity index (χ0) is 13.0. The summed E-state index contributed by atoms with van der Waals surface area (Å²) in [5, 5.41) is 11.1. The Morgan fingerprint density at radius 2 is 2.00 bits per heavy atom. The summed E-state index contributed by atoms with van der Waals surface area (Å²) in [5.74, 6) is -2.58. The van der Waals surface area contributed by atoms with Crippen LogP contribution in [0.25, 0.3) is 0 Å². The van der Waals surface area contributed by atoms with Crippen LogP contribution in [0.5, 0.6) is 5.75 Å². The number of hydrogen-bond donors (Lipinski definition) is 2. The van der Waals surface area contributed by atoms with Gasteiger partial charge >= 0.3 is 0 Å². The van der Waals surface area contributed by atoms with Crippen molar-refractivity contribution in [1.82, 2.24) is 0 Å². The number of benzene rings is 1. The molecule has 1 aromatic carbocycles. The Morgan fingerprint density at radius 3 is 2.41 bits per heavy atom. The fourth-order valence-electron chi connectivity index (χ4n) is 1.16. The summed E-state index contributed by atoms with van der Waals surface area (Å²) in [7, 11) is 0. The number of halogens is 2. The number of oxime groups is 1. The Hall–Kier alpha value is -1.85. The molecular weight excluding hydrogens is 230 g/mol. The van der Waals surface area contributed by atoms with Gasteiger partial charge in [0.1, 0.15) is 0 Å². The first-order chi connectivity index (χ1) is 7.99. The average molecular weight is 244 g/mol. The van der Waals surface area contributed by atoms with Crippen molar-refractivity contribution in [2.24, 2.45) is 10.9 Å². The number of amidine groups is 1. The van der Waals surface area contributed by atoms with Gasteiger partial charge in [-0.25, -0.2) is 8.78 Å². The summed E-state index contributed by atoms with van der Waals surface area (Å²) in [5.41, 5.74) is 5.19. The summed E-state index contributed by atoms with van der Waals surface area (Å²) in [4.78, 5) is 0. The van der Waals surface area contributed by atoms with Crippen LogP contribution in [0.4, 0.5) is 8.78 Å². The Morgan fingerprint density at radius 1 is 1.47 bits per heavy atom. The molecule has 0 spiro atoms. The standard InChI is InChI=1S/C11H14F2N2O2/c1-3-6(2)17-10-8(12)4-7(5-9(10)13)11(14)15-16/h4-6,16H,3H2,1-2H3,(H2,14,15). The summed E-state index contributed by atoms with van der Waals surface area (Å²) in [6, 6.07) is 1.91. The molecule has 6 heteroatoms. The third-order valence-electron chi connectivity index (χ3n) is 2.30. The molecule has 0 radical (unpaired) electrons. The van der Waals surface area contributed by atoms with Gasteiger partial charge in [-0.15, -0.1) is 0 Å². The molecule has 17 heavy (non-hydrogen) atoms. The van der Waals surface area contributed by atoms with Gasteiger partial charge in [-0.05, 0) is 25.5 Å². The minimum absolute atomic E-state index is 0.0426. The molecule has 0 bridgehead atoms. The number of nitrogens with zero attached hydrogens (tertiary/aromatic N) is 1. The monoisotopic (exact) mass is 244 g/mol. The molecule has 1 aromatic rings. The predicted molar refractivity (Wildman–Crippen MR) is 59.2 cm³/mol. The van der Waals surface area contributed by atoms with Crippen molar-refractivity contribution in [3.63, 3.8) is 0 Å². The van der Waals surface area contributed by atoms with Crippen LogP contribution in [0.1, 0.15) is 25.8 Å². The van der Waals surface area contributed by atoms with Crippen LogP contribution in [0.15, 0.2) is 17.3 Å². The number of hydrogen-bond acceptors (Lipinski definition) is 3. The molecule has 0 aliphatic carbocycles. The van der Waals surface area contributed by atoms with Gasteiger partial charge in [0.25, 0.3) is 0 Å². The lowest BCUT2D eigenvalue weighted by Crippen LogP contribution is -2.16. The van der Waals surface area contributed by atoms with Crippen LogP contribution in [0.2, 0.25) is 0 Å². The first-order valence-corrected chi connectivity index (χ1v) is 5.13. The van der Waals surface area contributed by atoms with E-state index in [1.165, 1.54) is 0 Å². The highest BCUT2D eigenvalue weighted by atomic mass is 19.1. The third-order valence-corrected chi connectivity index (χ3v) is 2.30. The second-order valence-electron chi connectivity index (χ2n) is 3.59. The van der Waals surface area contributed by atoms with Gasteiger partial charge < -0.3 is 15.7 Å². The average Bonchev–Trinajstić information content (AvgIpc) is 2.32. The molecular formula is C11H14F2N2O2. The Kier molecular flexibility index (Phi) is 4.25. The molecule has 0 aliphatic rings. The smallest absolute Gasteiger partial charge is 0.191 e. The van der Waals surface area contributed by atoms with Crippen molar-refractivity contribution >= 4 is 5.84 Å². The van der Waals surface area contributed by atoms with E-state index in [1.807, 2.05) is 6.92 Å². The molecule has 1 unspecified atom stereocenters. The second kappa shape index (κ2) is 5.47. The van der Waals surface area contributed by atoms with Crippen LogP contribution in [0, 0.1) is 11.6 Å². The Balaban J connectivity index is 3.11. The largest absolute Gasteiger partial charge is 0.485 e. The van der Waals surface area contributed by atoms with Crippen LogP contribution < -0.4 is 10.5 Å². The van der Waals surface area contributed by atoms with Crippen molar-refractivity contribution in [2.75, 3.05) is 0 Å². The Bertz CT molecular complexity index is 412. The summed E-state index contributed by atoms with van der Waals surface area (Å²) >= 11 is 0. The van der Waals surface area contributed by atoms with Crippen molar-refractivity contribution in [1.29, 1.82) is 0 Å². The maximum atomic E-state index is 13.5. The topological polar surface area (TPSA) is 67.8 Å². The third kappa shape index (κ3) is 3.05. The summed E-state index contributed by atoms with van der Waals surface area (Å²) in [6.07, 6.45) is 0.328. The summed E-state index contributed by atoms with van der Waals surface area (Å²) < 4.78 is 32.2. The molecule has 0 heterocycles. The fourth-order valence-corrected chi connectivity index (χ4v) is 1.16. The highest BCUT2D eigenvalue weighted by Gasteiger charge is 2.16. The zero-order valence-electron chi connectivity index (χ0n) is 9.58. The van der Waals surface area contributed by atoms with E-state index in [1.54, 1.807) is 6.92 Å². The molecule has 0 fully saturated rings. The molecule has 0 aliphatic heterocycles. The van der Waals surface area contributed by atoms with Gasteiger partial charge in [0.15, 0.2) is 23.2 Å². The lowest BCUT2D eigenvalue weighted by molar-refractivity contribution is 0.197. The molecule has 0 saturated carbocycles. The Labute approximate surface area is 97.7 Å². The van der Waals surface area contributed by atoms with Crippen molar-refractivity contribution in [2.45, 2.75) is 26.4 Å². The van der Waals surface area contributed by atoms with E-state index in [0.717, 1.165) is 12.1 Å². The lowest BCUT2D eigenvalue weighted by Gasteiger charge is -2.14. The molecule has 1 atom stereocenters. The molecule has 94 valence electrons. The van der Waals surface area contributed by atoms with Gasteiger partial charge in [-0.1, -0.05) is 12.1 Å². The van der Waals surface area contributed by atoms with Crippen LogP contribution >= 0.6 is 0 Å². The summed E-state index contributed by atoms with van der Waals surface area (Å²) in [6.45, 7) is 3.54. The van der Waals surface area contributed by atoms with Crippen molar-refractivity contribution in [3.05, 3.63) is 29.3 Å². The molecule has 1 rings (SSSR count). The first kappa shape index (κ1) is 13.2. The maximum absolute atomic E-state index is 13.5. The fraction of sp³-hybridized carbons (Fsp3) is 0.364. The maximum Gasteiger partial charge on any atom is 0.191 e. The van der Waals surface area contributed by atoms with E-state index in [2.05, 4.69) is 5.16 Å². The second-order valence-corrected chi connectivity index (χ2v) is 3.59. The highest BCUT2D eigenvalue weighted by molar-refractivity contribution is 5.97. The van der Waals surface area contributed by atoms with E-state index in [9.17, 15) is 8.78 Å². The molecule has 0 amide bonds. The SMILES string of the molecule is CCC(C)Oc1c(F)cc(C(N)=NO)cc1F. The van der Waals surface area contributed by atoms with E-state index in [0.29, 0.717) is 6.42 Å². The van der Waals surface area contributed by atoms with Crippen molar-refractivity contribution < 1.29 is 18.7 Å². The van der Waals surface area contributed by atoms with Crippen LogP contribution in [-0.2, 0) is 0 Å². The van der Waals surface area contributed by atoms with Crippen molar-refractivity contribution in [3.8, 4) is 5.75 Å². The number of ether oxygens (including phenoxy) is 1. The van der Waals surface area contributed by atoms with Gasteiger partial charge in [0.2, 0.25) is 0 Å². The van der Waals surface area contributed by atoms with E-state index < -0.39 is 17.4 Å². The van der Waals surface area contributed by atoms with E-state index >= 15 is 0 Å². The number of rotatable bonds is 4. The molecule has 0 saturated heterocycles. The number of nitrogens with two attached hydrogens (primary N) is 1. The normalized spacial score (nSPS) is 13.5. The highest BCUT2D eigenvalue weighted by Crippen LogP contribution is 2.24. The first-order valence-electron chi connectivity index (χ1n) is 5.13. The molecule has 4 nitrogen and oxygen atoms in total. The molecule has 3 N–H and O–H groups in total. The van der Waals surface area contributed by atoms with Gasteiger partial charge in [0, 0.05) is 5.56 Å². The lowest BCUT2D eigenvalue weighted by atomic mass is 10.2. The van der Waals surface area contributed by atoms with Crippen LogP contribution in [-0.4, -0.2) is 17.1 Å². The quantitative estimate of drug-likeness (QED) is 0.369. The van der Waals surface area contributed by atoms with Gasteiger partial charge in [-0.3, -0.25) is 0 Å². The minimum Gasteiger partial charge on any atom is -0.485 e. The zero-order valence-corrected chi connectivity index (χ0v) is 9.58. The van der Waals surface area contributed by atoms with E-state index in [4.69, 9.17) is 15.7 Å². The molecule has 0 aromatic heterocycles.